The molecule has 4 aliphatic rings. The molecule has 5 amide bonds. The molecule has 1 saturated carbocycles. The van der Waals surface area contributed by atoms with E-state index >= 15 is 0 Å². The summed E-state index contributed by atoms with van der Waals surface area (Å²) in [5, 5.41) is 11.5. The van der Waals surface area contributed by atoms with Crippen molar-refractivity contribution in [1.82, 2.24) is 34.9 Å². The van der Waals surface area contributed by atoms with Crippen molar-refractivity contribution in [2.45, 2.75) is 57.0 Å². The number of hydrogen-bond donors (Lipinski definition) is 3. The van der Waals surface area contributed by atoms with Crippen molar-refractivity contribution in [2.75, 3.05) is 62.1 Å². The summed E-state index contributed by atoms with van der Waals surface area (Å²) in [7, 11) is 1.94. The number of aromatic nitrogens is 4. The SMILES string of the molecule is CN(c1cc(-c2nc(C(=O)Nc3cn(-c4ccc5c(c4)CN(CCOCCOCCNc4cccc6c4C(=O)N(C4CCC(=O)NC4=O)C6=O)C5)nc3C(F)(F)F)co2)ccn1)C1CC1. The number of anilines is 3. The second kappa shape index (κ2) is 17.9. The van der Waals surface area contributed by atoms with E-state index in [9.17, 15) is 37.1 Å². The summed E-state index contributed by atoms with van der Waals surface area (Å²) >= 11 is 0. The molecule has 1 atom stereocenters. The lowest BCUT2D eigenvalue weighted by Crippen LogP contribution is -2.54. The van der Waals surface area contributed by atoms with E-state index in [4.69, 9.17) is 13.9 Å². The Balaban J connectivity index is 0.724. The molecule has 5 aromatic rings. The molecule has 2 aromatic carbocycles. The molecule has 1 saturated heterocycles. The lowest BCUT2D eigenvalue weighted by molar-refractivity contribution is -0.140. The number of carbonyl (C=O) groups is 5. The third-order valence-corrected chi connectivity index (χ3v) is 11.6. The Kier molecular flexibility index (Phi) is 11.9. The number of halogens is 3. The lowest BCUT2D eigenvalue weighted by Gasteiger charge is -2.27. The Morgan fingerprint density at radius 3 is 2.54 bits per heavy atom. The molecule has 21 heteroatoms. The molecule has 3 N–H and O–H groups in total. The molecular weight excluding hydrogens is 854 g/mol. The van der Waals surface area contributed by atoms with Crippen LogP contribution in [0.1, 0.15) is 73.7 Å². The van der Waals surface area contributed by atoms with Gasteiger partial charge in [0, 0.05) is 63.1 Å². The summed E-state index contributed by atoms with van der Waals surface area (Å²) in [4.78, 5) is 77.3. The van der Waals surface area contributed by atoms with Gasteiger partial charge in [0.05, 0.1) is 55.1 Å². The van der Waals surface area contributed by atoms with Crippen LogP contribution >= 0.6 is 0 Å². The second-order valence-corrected chi connectivity index (χ2v) is 16.1. The fraction of sp³-hybridized carbons (Fsp3) is 0.364. The van der Waals surface area contributed by atoms with Gasteiger partial charge in [-0.15, -0.1) is 0 Å². The van der Waals surface area contributed by atoms with Gasteiger partial charge in [-0.1, -0.05) is 12.1 Å². The number of piperidine rings is 1. The van der Waals surface area contributed by atoms with Crippen molar-refractivity contribution in [2.24, 2.45) is 0 Å². The molecule has 1 aliphatic carbocycles. The maximum absolute atomic E-state index is 14.2. The zero-order valence-electron chi connectivity index (χ0n) is 35.0. The van der Waals surface area contributed by atoms with E-state index in [0.717, 1.165) is 46.0 Å². The van der Waals surface area contributed by atoms with Crippen LogP contribution in [0.2, 0.25) is 0 Å². The number of oxazole rings is 1. The first-order valence-corrected chi connectivity index (χ1v) is 21.0. The summed E-state index contributed by atoms with van der Waals surface area (Å²) in [6, 6.07) is 12.9. The molecule has 3 aromatic heterocycles. The molecule has 9 rings (SSSR count). The minimum atomic E-state index is -4.86. The Morgan fingerprint density at radius 1 is 0.954 bits per heavy atom. The van der Waals surface area contributed by atoms with Crippen LogP contribution in [0.3, 0.4) is 0 Å². The van der Waals surface area contributed by atoms with Crippen LogP contribution in [0.15, 0.2) is 71.6 Å². The van der Waals surface area contributed by atoms with Crippen LogP contribution in [0.4, 0.5) is 30.4 Å². The number of carbonyl (C=O) groups excluding carboxylic acids is 5. The number of rotatable bonds is 17. The average molecular weight is 897 g/mol. The number of nitrogens with one attached hydrogen (secondary N) is 3. The number of fused-ring (bicyclic) bond motifs is 2. The quantitative estimate of drug-likeness (QED) is 0.0859. The standard InChI is InChI=1S/C44H43F3N10O8/c1-54(28-7-8-28)35-20-25(11-12-49-35)41-51-33(24-65-41)39(59)50-32-23-56(53-38(32)44(45,46)47)29-6-5-26-21-55(22-27(26)19-29)14-16-64-18-17-63-15-13-48-31-4-2-3-30-37(31)43(62)57(42(30)61)34-9-10-36(58)52-40(34)60/h2-6,11-12,19-20,23-24,28,34,48H,7-10,13-18,21-22H2,1H3,(H,50,59)(H,52,58,60). The molecule has 65 heavy (non-hydrogen) atoms. The fourth-order valence-electron chi connectivity index (χ4n) is 8.09. The van der Waals surface area contributed by atoms with Gasteiger partial charge in [0.2, 0.25) is 17.7 Å². The summed E-state index contributed by atoms with van der Waals surface area (Å²) < 4.78 is 60.7. The zero-order valence-corrected chi connectivity index (χ0v) is 35.0. The second-order valence-electron chi connectivity index (χ2n) is 16.1. The normalized spacial score (nSPS) is 17.4. The van der Waals surface area contributed by atoms with Crippen molar-refractivity contribution >= 4 is 46.7 Å². The van der Waals surface area contributed by atoms with E-state index in [-0.39, 0.29) is 42.2 Å². The number of alkyl halides is 3. The van der Waals surface area contributed by atoms with Crippen LogP contribution in [0.5, 0.6) is 0 Å². The number of benzene rings is 2. The summed E-state index contributed by atoms with van der Waals surface area (Å²) in [6.45, 7) is 3.38. The highest BCUT2D eigenvalue weighted by atomic mass is 19.4. The number of amides is 5. The highest BCUT2D eigenvalue weighted by Gasteiger charge is 2.46. The minimum absolute atomic E-state index is 0.0340. The molecule has 0 spiro atoms. The molecule has 0 bridgehead atoms. The zero-order chi connectivity index (χ0) is 45.4. The van der Waals surface area contributed by atoms with Gasteiger partial charge >= 0.3 is 6.18 Å². The summed E-state index contributed by atoms with van der Waals surface area (Å²) in [5.74, 6) is -2.35. The largest absolute Gasteiger partial charge is 0.444 e. The van der Waals surface area contributed by atoms with Crippen LogP contribution < -0.4 is 20.9 Å². The topological polar surface area (TPSA) is 206 Å². The summed E-state index contributed by atoms with van der Waals surface area (Å²) in [5.41, 5.74) is 1.69. The maximum atomic E-state index is 14.2. The molecule has 0 radical (unpaired) electrons. The van der Waals surface area contributed by atoms with Crippen molar-refractivity contribution in [3.05, 3.63) is 101 Å². The number of imide groups is 2. The van der Waals surface area contributed by atoms with E-state index in [1.807, 2.05) is 18.0 Å². The number of pyridine rings is 1. The monoisotopic (exact) mass is 896 g/mol. The smallest absolute Gasteiger partial charge is 0.437 e. The number of hydrogen-bond acceptors (Lipinski definition) is 14. The molecule has 338 valence electrons. The van der Waals surface area contributed by atoms with Crippen molar-refractivity contribution < 1.29 is 51.0 Å². The molecule has 6 heterocycles. The van der Waals surface area contributed by atoms with E-state index in [1.54, 1.807) is 42.6 Å². The van der Waals surface area contributed by atoms with E-state index in [2.05, 4.69) is 35.9 Å². The predicted octanol–water partition coefficient (Wildman–Crippen LogP) is 4.65. The van der Waals surface area contributed by atoms with E-state index in [1.165, 1.54) is 6.07 Å². The van der Waals surface area contributed by atoms with E-state index < -0.39 is 53.1 Å². The van der Waals surface area contributed by atoms with Crippen molar-refractivity contribution in [3.63, 3.8) is 0 Å². The maximum Gasteiger partial charge on any atom is 0.437 e. The van der Waals surface area contributed by atoms with Gasteiger partial charge in [-0.05, 0) is 66.8 Å². The fourth-order valence-corrected chi connectivity index (χ4v) is 8.09. The number of ether oxygens (including phenoxy) is 2. The first-order valence-electron chi connectivity index (χ1n) is 21.0. The highest BCUT2D eigenvalue weighted by molar-refractivity contribution is 6.25. The first kappa shape index (κ1) is 43.3. The third kappa shape index (κ3) is 9.20. The Labute approximate surface area is 369 Å². The predicted molar refractivity (Wildman–Crippen MR) is 225 cm³/mol. The van der Waals surface area contributed by atoms with E-state index in [0.29, 0.717) is 74.8 Å². The Morgan fingerprint density at radius 2 is 1.75 bits per heavy atom. The van der Waals surface area contributed by atoms with Crippen LogP contribution in [-0.2, 0) is 38.3 Å². The number of nitrogens with zero attached hydrogens (tertiary/aromatic N) is 7. The van der Waals surface area contributed by atoms with Gasteiger partial charge in [-0.2, -0.15) is 18.3 Å². The lowest BCUT2D eigenvalue weighted by atomic mass is 10.0. The molecule has 2 fully saturated rings. The molecule has 1 unspecified atom stereocenters. The minimum Gasteiger partial charge on any atom is -0.444 e. The molecule has 3 aliphatic heterocycles. The third-order valence-electron chi connectivity index (χ3n) is 11.6. The molecule has 18 nitrogen and oxygen atoms in total. The Hall–Kier alpha value is -6.97. The summed E-state index contributed by atoms with van der Waals surface area (Å²) in [6.07, 6.45) is 1.21. The van der Waals surface area contributed by atoms with Crippen LogP contribution in [-0.4, -0.2) is 118 Å². The van der Waals surface area contributed by atoms with Gasteiger partial charge in [0.25, 0.3) is 17.7 Å². The van der Waals surface area contributed by atoms with Crippen LogP contribution in [0.25, 0.3) is 17.1 Å². The van der Waals surface area contributed by atoms with Crippen LogP contribution in [0, 0.1) is 0 Å². The van der Waals surface area contributed by atoms with Crippen molar-refractivity contribution in [3.8, 4) is 17.1 Å². The van der Waals surface area contributed by atoms with Gasteiger partial charge in [0.1, 0.15) is 18.1 Å². The van der Waals surface area contributed by atoms with Gasteiger partial charge in [-0.25, -0.2) is 14.6 Å². The van der Waals surface area contributed by atoms with Gasteiger partial charge < -0.3 is 29.4 Å². The average Bonchev–Trinajstić information content (AvgIpc) is 3.56. The Bertz CT molecular complexity index is 2680. The first-order chi connectivity index (χ1) is 31.3. The highest BCUT2D eigenvalue weighted by Crippen LogP contribution is 2.36. The van der Waals surface area contributed by atoms with Gasteiger partial charge in [-0.3, -0.25) is 39.1 Å². The van der Waals surface area contributed by atoms with Crippen molar-refractivity contribution in [1.29, 1.82) is 0 Å². The van der Waals surface area contributed by atoms with Gasteiger partial charge in [0.15, 0.2) is 11.4 Å². The molecular formula is C44H43F3N10O8.